The van der Waals surface area contributed by atoms with Gasteiger partial charge in [-0.3, -0.25) is 5.10 Å². The number of hydrogen-bond acceptors (Lipinski definition) is 2. The molecule has 0 amide bonds. The van der Waals surface area contributed by atoms with Crippen molar-refractivity contribution in [1.82, 2.24) is 10.2 Å². The van der Waals surface area contributed by atoms with Crippen LogP contribution in [0.2, 0.25) is 15.2 Å². The van der Waals surface area contributed by atoms with Crippen LogP contribution in [0.5, 0.6) is 0 Å². The van der Waals surface area contributed by atoms with Crippen molar-refractivity contribution in [3.05, 3.63) is 44.1 Å². The molecule has 16 heavy (non-hydrogen) atoms. The Labute approximate surface area is 112 Å². The fourth-order valence-corrected chi connectivity index (χ4v) is 2.06. The lowest BCUT2D eigenvalue weighted by molar-refractivity contribution is 1.02. The number of aromatic nitrogens is 2. The summed E-state index contributed by atoms with van der Waals surface area (Å²) in [6.07, 6.45) is 0. The average molecular weight is 292 g/mol. The molecular weight excluding hydrogens is 287 g/mol. The summed E-state index contributed by atoms with van der Waals surface area (Å²) >= 11 is 22.9. The Kier molecular flexibility index (Phi) is 3.50. The van der Waals surface area contributed by atoms with Gasteiger partial charge in [-0.2, -0.15) is 5.10 Å². The van der Waals surface area contributed by atoms with Crippen molar-refractivity contribution in [2.24, 2.45) is 0 Å². The number of H-pyrrole nitrogens is 1. The maximum absolute atomic E-state index is 6.10. The highest BCUT2D eigenvalue weighted by Crippen LogP contribution is 2.34. The van der Waals surface area contributed by atoms with Crippen LogP contribution in [0.1, 0.15) is 0 Å². The van der Waals surface area contributed by atoms with Crippen LogP contribution < -0.4 is 0 Å². The van der Waals surface area contributed by atoms with Crippen LogP contribution in [0.15, 0.2) is 24.3 Å². The largest absolute Gasteiger partial charge is 0.266 e. The second kappa shape index (κ2) is 4.72. The second-order valence-electron chi connectivity index (χ2n) is 3.03. The van der Waals surface area contributed by atoms with Gasteiger partial charge in [0, 0.05) is 11.1 Å². The molecule has 1 aromatic heterocycles. The van der Waals surface area contributed by atoms with Gasteiger partial charge in [-0.05, 0) is 12.1 Å². The number of hydrogen-bond donors (Lipinski definition) is 1. The Morgan fingerprint density at radius 3 is 2.62 bits per heavy atom. The van der Waals surface area contributed by atoms with Crippen LogP contribution in [0.25, 0.3) is 11.1 Å². The smallest absolute Gasteiger partial charge is 0.150 e. The third-order valence-electron chi connectivity index (χ3n) is 2.01. The first kappa shape index (κ1) is 11.9. The molecule has 2 nitrogen and oxygen atoms in total. The third kappa shape index (κ3) is 2.23. The van der Waals surface area contributed by atoms with Gasteiger partial charge in [0.15, 0.2) is 0 Å². The van der Waals surface area contributed by atoms with Crippen LogP contribution in [0.3, 0.4) is 0 Å². The van der Waals surface area contributed by atoms with Gasteiger partial charge in [0.1, 0.15) is 9.79 Å². The van der Waals surface area contributed by atoms with Gasteiger partial charge in [0.05, 0.1) is 10.0 Å². The van der Waals surface area contributed by atoms with Crippen molar-refractivity contribution in [2.45, 2.75) is 0 Å². The zero-order chi connectivity index (χ0) is 11.7. The number of rotatable bonds is 1. The Hall–Kier alpha value is -0.610. The van der Waals surface area contributed by atoms with E-state index in [2.05, 4.69) is 10.2 Å². The Morgan fingerprint density at radius 1 is 1.12 bits per heavy atom. The molecule has 2 rings (SSSR count). The summed E-state index contributed by atoms with van der Waals surface area (Å²) < 4.78 is 0.466. The van der Waals surface area contributed by atoms with E-state index in [1.807, 2.05) is 6.07 Å². The standard InChI is InChI=1S/C10H5Cl3N2S/c11-7-3-1-2-5(9(7)13)6-4-8(12)14-15-10(6)16/h1-4H,(H,15,16). The fourth-order valence-electron chi connectivity index (χ4n) is 1.29. The molecule has 0 aliphatic heterocycles. The van der Waals surface area contributed by atoms with Crippen molar-refractivity contribution in [2.75, 3.05) is 0 Å². The molecule has 0 radical (unpaired) electrons. The molecular formula is C10H5Cl3N2S. The summed E-state index contributed by atoms with van der Waals surface area (Å²) in [6, 6.07) is 6.98. The molecule has 0 fully saturated rings. The minimum atomic E-state index is 0.319. The molecule has 0 spiro atoms. The molecule has 0 unspecified atom stereocenters. The van der Waals surface area contributed by atoms with Gasteiger partial charge >= 0.3 is 0 Å². The van der Waals surface area contributed by atoms with Crippen molar-refractivity contribution in [3.63, 3.8) is 0 Å². The molecule has 0 atom stereocenters. The summed E-state index contributed by atoms with van der Waals surface area (Å²) in [5.41, 5.74) is 1.45. The minimum absolute atomic E-state index is 0.319. The highest BCUT2D eigenvalue weighted by Gasteiger charge is 2.09. The van der Waals surface area contributed by atoms with E-state index in [0.29, 0.717) is 25.4 Å². The Bertz CT molecular complexity index is 595. The first-order valence-corrected chi connectivity index (χ1v) is 5.83. The normalized spacial score (nSPS) is 10.4. The topological polar surface area (TPSA) is 28.7 Å². The van der Waals surface area contributed by atoms with E-state index < -0.39 is 0 Å². The lowest BCUT2D eigenvalue weighted by Gasteiger charge is -2.05. The van der Waals surface area contributed by atoms with Gasteiger partial charge in [-0.25, -0.2) is 0 Å². The lowest BCUT2D eigenvalue weighted by Crippen LogP contribution is -1.88. The van der Waals surface area contributed by atoms with Gasteiger partial charge in [-0.1, -0.05) is 59.2 Å². The quantitative estimate of drug-likeness (QED) is 0.767. The molecule has 6 heteroatoms. The first-order valence-electron chi connectivity index (χ1n) is 4.29. The summed E-state index contributed by atoms with van der Waals surface area (Å²) in [7, 11) is 0. The first-order chi connectivity index (χ1) is 7.59. The van der Waals surface area contributed by atoms with Crippen LogP contribution >= 0.6 is 47.0 Å². The van der Waals surface area contributed by atoms with E-state index in [0.717, 1.165) is 5.56 Å². The van der Waals surface area contributed by atoms with Gasteiger partial charge < -0.3 is 0 Å². The van der Waals surface area contributed by atoms with Crippen LogP contribution in [-0.4, -0.2) is 10.2 Å². The van der Waals surface area contributed by atoms with Gasteiger partial charge in [-0.15, -0.1) is 0 Å². The van der Waals surface area contributed by atoms with Gasteiger partial charge in [0.2, 0.25) is 0 Å². The van der Waals surface area contributed by atoms with Crippen molar-refractivity contribution in [1.29, 1.82) is 0 Å². The Morgan fingerprint density at radius 2 is 1.88 bits per heavy atom. The zero-order valence-electron chi connectivity index (χ0n) is 7.80. The van der Waals surface area contributed by atoms with Crippen LogP contribution in [0.4, 0.5) is 0 Å². The maximum Gasteiger partial charge on any atom is 0.150 e. The van der Waals surface area contributed by atoms with E-state index >= 15 is 0 Å². The molecule has 82 valence electrons. The van der Waals surface area contributed by atoms with Crippen molar-refractivity contribution in [3.8, 4) is 11.1 Å². The minimum Gasteiger partial charge on any atom is -0.266 e. The van der Waals surface area contributed by atoms with E-state index in [1.54, 1.807) is 18.2 Å². The highest BCUT2D eigenvalue weighted by atomic mass is 35.5. The molecule has 2 aromatic rings. The number of aromatic amines is 1. The predicted molar refractivity (Wildman–Crippen MR) is 69.9 cm³/mol. The van der Waals surface area contributed by atoms with Crippen molar-refractivity contribution >= 4 is 47.0 Å². The number of nitrogens with zero attached hydrogens (tertiary/aromatic N) is 1. The van der Waals surface area contributed by atoms with E-state index in [9.17, 15) is 0 Å². The monoisotopic (exact) mass is 290 g/mol. The summed E-state index contributed by atoms with van der Waals surface area (Å²) in [5, 5.41) is 7.66. The molecule has 0 aliphatic rings. The summed E-state index contributed by atoms with van der Waals surface area (Å²) in [4.78, 5) is 0. The number of nitrogens with one attached hydrogen (secondary N) is 1. The third-order valence-corrected chi connectivity index (χ3v) is 3.34. The van der Waals surface area contributed by atoms with E-state index in [4.69, 9.17) is 47.0 Å². The highest BCUT2D eigenvalue weighted by molar-refractivity contribution is 7.71. The molecule has 0 bridgehead atoms. The molecule has 1 heterocycles. The molecule has 0 saturated carbocycles. The van der Waals surface area contributed by atoms with Crippen LogP contribution in [-0.2, 0) is 0 Å². The Balaban J connectivity index is 2.72. The fraction of sp³-hybridized carbons (Fsp3) is 0. The molecule has 1 aromatic carbocycles. The molecule has 0 aliphatic carbocycles. The molecule has 0 saturated heterocycles. The maximum atomic E-state index is 6.10. The van der Waals surface area contributed by atoms with E-state index in [1.165, 1.54) is 0 Å². The average Bonchev–Trinajstić information content (AvgIpc) is 2.26. The SMILES string of the molecule is S=c1[nH]nc(Cl)cc1-c1cccc(Cl)c1Cl. The number of halogens is 3. The zero-order valence-corrected chi connectivity index (χ0v) is 10.9. The van der Waals surface area contributed by atoms with Crippen LogP contribution in [0, 0.1) is 4.64 Å². The summed E-state index contributed by atoms with van der Waals surface area (Å²) in [6.45, 7) is 0. The predicted octanol–water partition coefficient (Wildman–Crippen LogP) is 4.77. The molecule has 1 N–H and O–H groups in total. The summed E-state index contributed by atoms with van der Waals surface area (Å²) in [5.74, 6) is 0. The number of benzene rings is 1. The van der Waals surface area contributed by atoms with E-state index in [-0.39, 0.29) is 0 Å². The van der Waals surface area contributed by atoms with Gasteiger partial charge in [0.25, 0.3) is 0 Å². The second-order valence-corrected chi connectivity index (χ2v) is 4.62. The van der Waals surface area contributed by atoms with Crippen molar-refractivity contribution < 1.29 is 0 Å². The lowest BCUT2D eigenvalue weighted by atomic mass is 10.1.